The molecule has 1 aromatic heterocycles. The van der Waals surface area contributed by atoms with Gasteiger partial charge in [-0.3, -0.25) is 14.6 Å². The highest BCUT2D eigenvalue weighted by Gasteiger charge is 2.29. The average molecular weight is 351 g/mol. The van der Waals surface area contributed by atoms with Crippen molar-refractivity contribution in [1.29, 1.82) is 5.26 Å². The molecule has 132 valence electrons. The maximum atomic E-state index is 11.7. The van der Waals surface area contributed by atoms with Crippen molar-refractivity contribution in [2.24, 2.45) is 5.92 Å². The molecule has 8 nitrogen and oxygen atoms in total. The highest BCUT2D eigenvalue weighted by Crippen LogP contribution is 2.30. The van der Waals surface area contributed by atoms with E-state index in [4.69, 9.17) is 5.11 Å². The predicted molar refractivity (Wildman–Crippen MR) is 94.3 cm³/mol. The number of hydrogen-bond acceptors (Lipinski definition) is 6. The molecule has 1 amide bonds. The molecule has 1 aliphatic carbocycles. The van der Waals surface area contributed by atoms with Crippen LogP contribution in [-0.2, 0) is 9.59 Å². The maximum absolute atomic E-state index is 11.7. The minimum absolute atomic E-state index is 0.0421. The molecule has 1 saturated carbocycles. The number of nitrogens with one attached hydrogen (secondary N) is 2. The maximum Gasteiger partial charge on any atom is 0.325 e. The minimum atomic E-state index is -1.02. The van der Waals surface area contributed by atoms with Crippen molar-refractivity contribution in [2.45, 2.75) is 25.8 Å². The lowest BCUT2D eigenvalue weighted by atomic mass is 10.1. The molecule has 3 rings (SSSR count). The number of nitriles is 1. The number of nitrogens with zero attached hydrogens (tertiary/aromatic N) is 3. The van der Waals surface area contributed by atoms with E-state index in [0.29, 0.717) is 28.3 Å². The Labute approximate surface area is 149 Å². The first-order valence-electron chi connectivity index (χ1n) is 8.14. The summed E-state index contributed by atoms with van der Waals surface area (Å²) in [5, 5.41) is 23.8. The fourth-order valence-electron chi connectivity index (χ4n) is 2.33. The number of hydrogen-bond donors (Lipinski definition) is 3. The number of carboxylic acids is 1. The summed E-state index contributed by atoms with van der Waals surface area (Å²) in [6.45, 7) is 1.49. The molecule has 0 bridgehead atoms. The van der Waals surface area contributed by atoms with Gasteiger partial charge in [0, 0.05) is 11.5 Å². The summed E-state index contributed by atoms with van der Waals surface area (Å²) < 4.78 is 0. The summed E-state index contributed by atoms with van der Waals surface area (Å²) in [7, 11) is 0. The van der Waals surface area contributed by atoms with Gasteiger partial charge in [-0.15, -0.1) is 0 Å². The Morgan fingerprint density at radius 1 is 1.31 bits per heavy atom. The van der Waals surface area contributed by atoms with Gasteiger partial charge < -0.3 is 15.7 Å². The second-order valence-electron chi connectivity index (χ2n) is 6.13. The Morgan fingerprint density at radius 3 is 2.65 bits per heavy atom. The van der Waals surface area contributed by atoms with Crippen LogP contribution in [0.15, 0.2) is 30.6 Å². The number of anilines is 2. The fourth-order valence-corrected chi connectivity index (χ4v) is 2.33. The summed E-state index contributed by atoms with van der Waals surface area (Å²) in [6.07, 6.45) is 4.81. The molecular weight excluding hydrogens is 334 g/mol. The topological polar surface area (TPSA) is 128 Å². The first-order chi connectivity index (χ1) is 12.5. The Bertz CT molecular complexity index is 885. The second kappa shape index (κ2) is 7.19. The predicted octanol–water partition coefficient (Wildman–Crippen LogP) is 2.25. The third kappa shape index (κ3) is 3.95. The van der Waals surface area contributed by atoms with Gasteiger partial charge in [-0.2, -0.15) is 5.26 Å². The zero-order valence-electron chi connectivity index (χ0n) is 14.1. The zero-order valence-corrected chi connectivity index (χ0v) is 14.1. The van der Waals surface area contributed by atoms with Crippen molar-refractivity contribution in [1.82, 2.24) is 9.97 Å². The molecule has 8 heteroatoms. The highest BCUT2D eigenvalue weighted by atomic mass is 16.4. The van der Waals surface area contributed by atoms with E-state index in [2.05, 4.69) is 20.6 Å². The third-order valence-electron chi connectivity index (χ3n) is 4.03. The Hall–Kier alpha value is -3.47. The quantitative estimate of drug-likeness (QED) is 0.728. The molecule has 1 aliphatic rings. The molecule has 1 fully saturated rings. The molecule has 1 unspecified atom stereocenters. The van der Waals surface area contributed by atoms with Gasteiger partial charge in [0.15, 0.2) is 5.82 Å². The summed E-state index contributed by atoms with van der Waals surface area (Å²) in [4.78, 5) is 31.3. The summed E-state index contributed by atoms with van der Waals surface area (Å²) in [5.41, 5.74) is 1.97. The number of carbonyl (C=O) groups excluding carboxylic acids is 1. The number of carboxylic acid groups (broad SMARTS) is 1. The minimum Gasteiger partial charge on any atom is -0.480 e. The largest absolute Gasteiger partial charge is 0.480 e. The molecule has 1 aromatic carbocycles. The normalized spacial score (nSPS) is 14.2. The van der Waals surface area contributed by atoms with Crippen LogP contribution in [0.5, 0.6) is 0 Å². The lowest BCUT2D eigenvalue weighted by Crippen LogP contribution is -2.25. The van der Waals surface area contributed by atoms with Crippen LogP contribution in [0.1, 0.15) is 25.3 Å². The van der Waals surface area contributed by atoms with Crippen LogP contribution in [0.2, 0.25) is 0 Å². The van der Waals surface area contributed by atoms with Gasteiger partial charge in [0.25, 0.3) is 0 Å². The molecule has 2 aromatic rings. The van der Waals surface area contributed by atoms with Gasteiger partial charge in [0.05, 0.1) is 29.3 Å². The van der Waals surface area contributed by atoms with E-state index in [0.717, 1.165) is 12.8 Å². The van der Waals surface area contributed by atoms with E-state index in [1.807, 2.05) is 6.07 Å². The van der Waals surface area contributed by atoms with Crippen LogP contribution < -0.4 is 10.6 Å². The zero-order chi connectivity index (χ0) is 18.7. The van der Waals surface area contributed by atoms with E-state index in [9.17, 15) is 14.9 Å². The number of aliphatic carboxylic acids is 1. The molecular formula is C18H17N5O3. The summed E-state index contributed by atoms with van der Waals surface area (Å²) >= 11 is 0. The molecule has 1 heterocycles. The van der Waals surface area contributed by atoms with Crippen molar-refractivity contribution in [3.05, 3.63) is 36.2 Å². The van der Waals surface area contributed by atoms with Crippen LogP contribution in [0.25, 0.3) is 11.3 Å². The summed E-state index contributed by atoms with van der Waals surface area (Å²) in [5.74, 6) is -0.591. The van der Waals surface area contributed by atoms with Gasteiger partial charge in [0.1, 0.15) is 12.1 Å². The SMILES string of the molecule is CC(Nc1cc(-c2cnc(NC(=O)C3CC3)cn2)ccc1C#N)C(=O)O. The van der Waals surface area contributed by atoms with E-state index in [-0.39, 0.29) is 11.8 Å². The van der Waals surface area contributed by atoms with Crippen molar-refractivity contribution >= 4 is 23.4 Å². The number of aromatic nitrogens is 2. The van der Waals surface area contributed by atoms with E-state index in [1.54, 1.807) is 18.2 Å². The number of carbonyl (C=O) groups is 2. The Balaban J connectivity index is 1.80. The van der Waals surface area contributed by atoms with Crippen molar-refractivity contribution in [2.75, 3.05) is 10.6 Å². The number of benzene rings is 1. The molecule has 0 aliphatic heterocycles. The molecule has 26 heavy (non-hydrogen) atoms. The molecule has 3 N–H and O–H groups in total. The molecule has 0 saturated heterocycles. The Morgan fingerprint density at radius 2 is 2.08 bits per heavy atom. The van der Waals surface area contributed by atoms with Gasteiger partial charge in [0.2, 0.25) is 5.91 Å². The van der Waals surface area contributed by atoms with E-state index < -0.39 is 12.0 Å². The van der Waals surface area contributed by atoms with Gasteiger partial charge in [-0.1, -0.05) is 6.07 Å². The monoisotopic (exact) mass is 351 g/mol. The van der Waals surface area contributed by atoms with E-state index >= 15 is 0 Å². The Kier molecular flexibility index (Phi) is 4.80. The van der Waals surface area contributed by atoms with Crippen molar-refractivity contribution in [3.63, 3.8) is 0 Å². The fraction of sp³-hybridized carbons (Fsp3) is 0.278. The lowest BCUT2D eigenvalue weighted by molar-refractivity contribution is -0.137. The van der Waals surface area contributed by atoms with Crippen molar-refractivity contribution < 1.29 is 14.7 Å². The second-order valence-corrected chi connectivity index (χ2v) is 6.13. The molecule has 0 spiro atoms. The van der Waals surface area contributed by atoms with Crippen molar-refractivity contribution in [3.8, 4) is 17.3 Å². The van der Waals surface area contributed by atoms with Crippen LogP contribution in [0, 0.1) is 17.2 Å². The van der Waals surface area contributed by atoms with Gasteiger partial charge in [-0.25, -0.2) is 4.98 Å². The van der Waals surface area contributed by atoms with Crippen LogP contribution in [0.3, 0.4) is 0 Å². The average Bonchev–Trinajstić information content (AvgIpc) is 3.47. The number of rotatable bonds is 6. The van der Waals surface area contributed by atoms with E-state index in [1.165, 1.54) is 19.3 Å². The van der Waals surface area contributed by atoms with Gasteiger partial charge in [-0.05, 0) is 31.9 Å². The van der Waals surface area contributed by atoms with Crippen LogP contribution >= 0.6 is 0 Å². The standard InChI is InChI=1S/C18H17N5O3/c1-10(18(25)26)22-14-6-12(4-5-13(14)7-19)15-8-21-16(9-20-15)23-17(24)11-2-3-11/h4-6,8-11,22H,2-3H2,1H3,(H,25,26)(H,21,23,24). The molecule has 1 atom stereocenters. The molecule has 0 radical (unpaired) electrons. The first kappa shape index (κ1) is 17.4. The smallest absolute Gasteiger partial charge is 0.325 e. The van der Waals surface area contributed by atoms with Crippen LogP contribution in [-0.4, -0.2) is 33.0 Å². The lowest BCUT2D eigenvalue weighted by Gasteiger charge is -2.13. The first-order valence-corrected chi connectivity index (χ1v) is 8.14. The summed E-state index contributed by atoms with van der Waals surface area (Å²) in [6, 6.07) is 6.14. The van der Waals surface area contributed by atoms with Crippen LogP contribution in [0.4, 0.5) is 11.5 Å². The number of amides is 1. The third-order valence-corrected chi connectivity index (χ3v) is 4.03. The van der Waals surface area contributed by atoms with Gasteiger partial charge >= 0.3 is 5.97 Å². The highest BCUT2D eigenvalue weighted by molar-refractivity contribution is 5.93.